The second-order valence-corrected chi connectivity index (χ2v) is 4.44. The maximum absolute atomic E-state index is 4.40. The molecule has 15 heavy (non-hydrogen) atoms. The van der Waals surface area contributed by atoms with Crippen molar-refractivity contribution < 1.29 is 0 Å². The van der Waals surface area contributed by atoms with Crippen molar-refractivity contribution in [3.63, 3.8) is 0 Å². The number of aryl methyl sites for hydroxylation is 1. The normalized spacial score (nSPS) is 11.3. The summed E-state index contributed by atoms with van der Waals surface area (Å²) in [4.78, 5) is 4.40. The van der Waals surface area contributed by atoms with Crippen LogP contribution < -0.4 is 0 Å². The van der Waals surface area contributed by atoms with Crippen molar-refractivity contribution in [3.8, 4) is 0 Å². The fourth-order valence-corrected chi connectivity index (χ4v) is 2.32. The van der Waals surface area contributed by atoms with Gasteiger partial charge < -0.3 is 0 Å². The van der Waals surface area contributed by atoms with Gasteiger partial charge >= 0.3 is 0 Å². The zero-order valence-corrected chi connectivity index (χ0v) is 9.82. The second kappa shape index (κ2) is 3.07. The van der Waals surface area contributed by atoms with E-state index >= 15 is 0 Å². The van der Waals surface area contributed by atoms with Crippen LogP contribution in [0, 0.1) is 6.92 Å². The minimum absolute atomic E-state index is 0.987. The Morgan fingerprint density at radius 2 is 2.07 bits per heavy atom. The Hall–Kier alpha value is -1.35. The molecule has 0 radical (unpaired) electrons. The lowest BCUT2D eigenvalue weighted by molar-refractivity contribution is 1.17. The number of hydrogen-bond acceptors (Lipinski definition) is 1. The summed E-state index contributed by atoms with van der Waals surface area (Å²) >= 11 is 3.47. The van der Waals surface area contributed by atoms with E-state index in [4.69, 9.17) is 0 Å². The van der Waals surface area contributed by atoms with Crippen LogP contribution >= 0.6 is 15.9 Å². The molecule has 0 saturated carbocycles. The Morgan fingerprint density at radius 1 is 1.20 bits per heavy atom. The fraction of sp³-hybridized carbons (Fsp3) is 0.0833. The summed E-state index contributed by atoms with van der Waals surface area (Å²) in [6, 6.07) is 8.43. The third-order valence-electron chi connectivity index (χ3n) is 2.71. The highest BCUT2D eigenvalue weighted by Crippen LogP contribution is 2.24. The molecule has 0 aliphatic carbocycles. The van der Waals surface area contributed by atoms with Gasteiger partial charge in [0.1, 0.15) is 10.3 Å². The highest BCUT2D eigenvalue weighted by atomic mass is 79.9. The summed E-state index contributed by atoms with van der Waals surface area (Å²) in [6.07, 6.45) is 3.87. The van der Waals surface area contributed by atoms with Gasteiger partial charge in [0.15, 0.2) is 0 Å². The second-order valence-electron chi connectivity index (χ2n) is 3.63. The molecule has 3 rings (SSSR count). The minimum Gasteiger partial charge on any atom is -0.294 e. The lowest BCUT2D eigenvalue weighted by atomic mass is 10.1. The van der Waals surface area contributed by atoms with Crippen LogP contribution in [0.3, 0.4) is 0 Å². The van der Waals surface area contributed by atoms with Crippen molar-refractivity contribution in [1.82, 2.24) is 9.38 Å². The zero-order valence-electron chi connectivity index (χ0n) is 8.24. The van der Waals surface area contributed by atoms with Crippen LogP contribution in [-0.4, -0.2) is 9.38 Å². The van der Waals surface area contributed by atoms with Crippen molar-refractivity contribution in [1.29, 1.82) is 0 Å². The molecule has 0 aliphatic rings. The smallest absolute Gasteiger partial charge is 0.145 e. The molecule has 2 aromatic heterocycles. The Kier molecular flexibility index (Phi) is 1.83. The average molecular weight is 261 g/mol. The van der Waals surface area contributed by atoms with Crippen LogP contribution in [0.2, 0.25) is 0 Å². The van der Waals surface area contributed by atoms with Gasteiger partial charge in [-0.1, -0.05) is 18.2 Å². The maximum atomic E-state index is 4.40. The SMILES string of the molecule is Cc1cccc2c1ccn1c(Br)cnc21. The largest absolute Gasteiger partial charge is 0.294 e. The number of hydrogen-bond donors (Lipinski definition) is 0. The van der Waals surface area contributed by atoms with E-state index in [9.17, 15) is 0 Å². The van der Waals surface area contributed by atoms with E-state index in [1.54, 1.807) is 0 Å². The van der Waals surface area contributed by atoms with Gasteiger partial charge in [0.25, 0.3) is 0 Å². The summed E-state index contributed by atoms with van der Waals surface area (Å²) < 4.78 is 3.03. The van der Waals surface area contributed by atoms with Crippen molar-refractivity contribution in [3.05, 3.63) is 46.8 Å². The van der Waals surface area contributed by atoms with Crippen molar-refractivity contribution in [2.45, 2.75) is 6.92 Å². The molecule has 74 valence electrons. The van der Waals surface area contributed by atoms with E-state index in [1.165, 1.54) is 16.3 Å². The summed E-state index contributed by atoms with van der Waals surface area (Å²) in [6.45, 7) is 2.12. The van der Waals surface area contributed by atoms with Crippen LogP contribution in [0.4, 0.5) is 0 Å². The number of benzene rings is 1. The first-order valence-corrected chi connectivity index (χ1v) is 5.57. The van der Waals surface area contributed by atoms with Gasteiger partial charge in [-0.15, -0.1) is 0 Å². The molecule has 0 bridgehead atoms. The summed E-state index contributed by atoms with van der Waals surface area (Å²) in [5.74, 6) is 0. The molecular weight excluding hydrogens is 252 g/mol. The monoisotopic (exact) mass is 260 g/mol. The highest BCUT2D eigenvalue weighted by molar-refractivity contribution is 9.10. The van der Waals surface area contributed by atoms with Crippen LogP contribution in [0.15, 0.2) is 41.3 Å². The first-order chi connectivity index (χ1) is 7.27. The Balaban J connectivity index is 2.61. The molecule has 0 aliphatic heterocycles. The number of nitrogens with zero attached hydrogens (tertiary/aromatic N) is 2. The third-order valence-corrected chi connectivity index (χ3v) is 3.29. The number of halogens is 1. The van der Waals surface area contributed by atoms with E-state index in [-0.39, 0.29) is 0 Å². The Morgan fingerprint density at radius 3 is 2.93 bits per heavy atom. The fourth-order valence-electron chi connectivity index (χ4n) is 1.93. The van der Waals surface area contributed by atoms with Gasteiger partial charge in [0.05, 0.1) is 6.20 Å². The zero-order chi connectivity index (χ0) is 10.4. The van der Waals surface area contributed by atoms with Gasteiger partial charge in [-0.2, -0.15) is 0 Å². The molecule has 0 unspecified atom stereocenters. The first kappa shape index (κ1) is 8.92. The molecule has 0 spiro atoms. The standard InChI is InChI=1S/C12H9BrN2/c1-8-3-2-4-10-9(8)5-6-15-11(13)7-14-12(10)15/h2-7H,1H3. The summed E-state index contributed by atoms with van der Waals surface area (Å²) in [5, 5.41) is 2.46. The number of fused-ring (bicyclic) bond motifs is 3. The van der Waals surface area contributed by atoms with E-state index in [0.717, 1.165) is 10.3 Å². The molecule has 3 aromatic rings. The molecule has 0 N–H and O–H groups in total. The molecule has 0 fully saturated rings. The van der Waals surface area contributed by atoms with Gasteiger partial charge in [0, 0.05) is 11.6 Å². The molecule has 2 nitrogen and oxygen atoms in total. The number of imidazole rings is 1. The lowest BCUT2D eigenvalue weighted by Gasteiger charge is -2.03. The Bertz CT molecular complexity index is 655. The number of aromatic nitrogens is 2. The Labute approximate surface area is 95.7 Å². The quantitative estimate of drug-likeness (QED) is 0.604. The predicted octanol–water partition coefficient (Wildman–Crippen LogP) is 3.56. The molecule has 0 atom stereocenters. The molecule has 0 amide bonds. The summed E-state index contributed by atoms with van der Waals surface area (Å²) in [5.41, 5.74) is 2.29. The molecular formula is C12H9BrN2. The molecule has 0 saturated heterocycles. The van der Waals surface area contributed by atoms with Crippen molar-refractivity contribution in [2.75, 3.05) is 0 Å². The maximum Gasteiger partial charge on any atom is 0.145 e. The van der Waals surface area contributed by atoms with E-state index in [2.05, 4.69) is 52.1 Å². The van der Waals surface area contributed by atoms with E-state index < -0.39 is 0 Å². The summed E-state index contributed by atoms with van der Waals surface area (Å²) in [7, 11) is 0. The first-order valence-electron chi connectivity index (χ1n) is 4.78. The predicted molar refractivity (Wildman–Crippen MR) is 65.1 cm³/mol. The lowest BCUT2D eigenvalue weighted by Crippen LogP contribution is -1.87. The molecule has 2 heterocycles. The van der Waals surface area contributed by atoms with Gasteiger partial charge in [-0.25, -0.2) is 4.98 Å². The highest BCUT2D eigenvalue weighted by Gasteiger charge is 2.05. The third kappa shape index (κ3) is 1.20. The molecule has 1 aromatic carbocycles. The van der Waals surface area contributed by atoms with Gasteiger partial charge in [-0.05, 0) is 39.9 Å². The van der Waals surface area contributed by atoms with E-state index in [0.29, 0.717) is 0 Å². The topological polar surface area (TPSA) is 17.3 Å². The minimum atomic E-state index is 0.987. The number of pyridine rings is 1. The number of rotatable bonds is 0. The van der Waals surface area contributed by atoms with Crippen molar-refractivity contribution >= 4 is 32.3 Å². The average Bonchev–Trinajstić information content (AvgIpc) is 2.61. The van der Waals surface area contributed by atoms with Crippen LogP contribution in [-0.2, 0) is 0 Å². The van der Waals surface area contributed by atoms with Gasteiger partial charge in [0.2, 0.25) is 0 Å². The molecule has 3 heteroatoms. The van der Waals surface area contributed by atoms with Gasteiger partial charge in [-0.3, -0.25) is 4.40 Å². The van der Waals surface area contributed by atoms with Crippen molar-refractivity contribution in [2.24, 2.45) is 0 Å². The van der Waals surface area contributed by atoms with Crippen LogP contribution in [0.25, 0.3) is 16.4 Å². The van der Waals surface area contributed by atoms with Crippen LogP contribution in [0.5, 0.6) is 0 Å². The van der Waals surface area contributed by atoms with E-state index in [1.807, 2.05) is 16.8 Å². The van der Waals surface area contributed by atoms with Crippen LogP contribution in [0.1, 0.15) is 5.56 Å².